The molecule has 2 aliphatic carbocycles. The van der Waals surface area contributed by atoms with Crippen molar-refractivity contribution in [3.8, 4) is 0 Å². The topological polar surface area (TPSA) is 46.2 Å². The number of aliphatic hydroxyl groups is 1. The molecule has 0 amide bonds. The summed E-state index contributed by atoms with van der Waals surface area (Å²) in [5.74, 6) is -2.60. The summed E-state index contributed by atoms with van der Waals surface area (Å²) in [6, 6.07) is 0. The molecule has 88 valence electrons. The highest BCUT2D eigenvalue weighted by Crippen LogP contribution is 2.47. The largest absolute Gasteiger partial charge is 0.388 e. The molecule has 0 radical (unpaired) electrons. The summed E-state index contributed by atoms with van der Waals surface area (Å²) in [7, 11) is 0. The molecule has 2 saturated carbocycles. The molecule has 4 heteroatoms. The van der Waals surface area contributed by atoms with Crippen LogP contribution in [0.5, 0.6) is 0 Å². The van der Waals surface area contributed by atoms with E-state index >= 15 is 0 Å². The van der Waals surface area contributed by atoms with Gasteiger partial charge in [-0.1, -0.05) is 12.8 Å². The van der Waals surface area contributed by atoms with Crippen LogP contribution in [0.3, 0.4) is 0 Å². The highest BCUT2D eigenvalue weighted by Gasteiger charge is 2.53. The molecule has 0 heterocycles. The first kappa shape index (κ1) is 11.3. The fraction of sp³-hybridized carbons (Fsp3) is 1.00. The summed E-state index contributed by atoms with van der Waals surface area (Å²) in [4.78, 5) is 0. The molecule has 2 nitrogen and oxygen atoms in total. The fourth-order valence-electron chi connectivity index (χ4n) is 3.00. The predicted octanol–water partition coefficient (Wildman–Crippen LogP) is 2.20. The van der Waals surface area contributed by atoms with Crippen molar-refractivity contribution >= 4 is 0 Å². The minimum atomic E-state index is -2.60. The van der Waals surface area contributed by atoms with Gasteiger partial charge in [0.25, 0.3) is 0 Å². The molecule has 0 unspecified atom stereocenters. The molecule has 0 aromatic rings. The standard InChI is InChI=1S/C11H19F2NO/c12-11(13)7-5-10(15,6-8-11)9(14)3-1-2-4-9/h15H,1-8,14H2. The van der Waals surface area contributed by atoms with Gasteiger partial charge in [0.1, 0.15) is 0 Å². The molecule has 3 N–H and O–H groups in total. The lowest BCUT2D eigenvalue weighted by molar-refractivity contribution is -0.132. The van der Waals surface area contributed by atoms with Crippen molar-refractivity contribution in [2.24, 2.45) is 5.73 Å². The summed E-state index contributed by atoms with van der Waals surface area (Å²) >= 11 is 0. The van der Waals surface area contributed by atoms with Crippen LogP contribution in [0.15, 0.2) is 0 Å². The minimum Gasteiger partial charge on any atom is -0.388 e. The van der Waals surface area contributed by atoms with Crippen LogP contribution in [0.25, 0.3) is 0 Å². The molecular formula is C11H19F2NO. The second-order valence-electron chi connectivity index (χ2n) is 5.25. The van der Waals surface area contributed by atoms with Crippen molar-refractivity contribution in [3.05, 3.63) is 0 Å². The third-order valence-electron chi connectivity index (χ3n) is 4.23. The summed E-state index contributed by atoms with van der Waals surface area (Å²) in [5.41, 5.74) is 4.50. The molecule has 0 saturated heterocycles. The Bertz CT molecular complexity index is 239. The quantitative estimate of drug-likeness (QED) is 0.710. The van der Waals surface area contributed by atoms with Gasteiger partial charge in [-0.3, -0.25) is 0 Å². The summed E-state index contributed by atoms with van der Waals surface area (Å²) in [6.07, 6.45) is 3.42. The minimum absolute atomic E-state index is 0.149. The van der Waals surface area contributed by atoms with Crippen LogP contribution in [0, 0.1) is 0 Å². The molecule has 0 bridgehead atoms. The van der Waals surface area contributed by atoms with Gasteiger partial charge in [-0.2, -0.15) is 0 Å². The van der Waals surface area contributed by atoms with Gasteiger partial charge in [0.05, 0.1) is 5.60 Å². The molecule has 0 spiro atoms. The molecule has 0 aliphatic heterocycles. The maximum atomic E-state index is 13.0. The first-order valence-corrected chi connectivity index (χ1v) is 5.76. The molecule has 15 heavy (non-hydrogen) atoms. The number of hydrogen-bond acceptors (Lipinski definition) is 2. The van der Waals surface area contributed by atoms with Gasteiger partial charge in [-0.25, -0.2) is 8.78 Å². The van der Waals surface area contributed by atoms with E-state index in [2.05, 4.69) is 0 Å². The van der Waals surface area contributed by atoms with Crippen molar-refractivity contribution in [1.82, 2.24) is 0 Å². The second kappa shape index (κ2) is 3.39. The highest BCUT2D eigenvalue weighted by atomic mass is 19.3. The summed E-state index contributed by atoms with van der Waals surface area (Å²) in [6.45, 7) is 0. The van der Waals surface area contributed by atoms with Crippen LogP contribution >= 0.6 is 0 Å². The van der Waals surface area contributed by atoms with Gasteiger partial charge in [0, 0.05) is 18.4 Å². The Labute approximate surface area is 88.8 Å². The second-order valence-corrected chi connectivity index (χ2v) is 5.25. The Morgan fingerprint density at radius 2 is 1.33 bits per heavy atom. The molecule has 0 atom stereocenters. The zero-order chi connectivity index (χ0) is 11.2. The lowest BCUT2D eigenvalue weighted by Crippen LogP contribution is -2.61. The monoisotopic (exact) mass is 219 g/mol. The van der Waals surface area contributed by atoms with Crippen LogP contribution in [-0.4, -0.2) is 22.2 Å². The van der Waals surface area contributed by atoms with Gasteiger partial charge in [-0.15, -0.1) is 0 Å². The first-order valence-electron chi connectivity index (χ1n) is 5.76. The van der Waals surface area contributed by atoms with Crippen LogP contribution < -0.4 is 5.73 Å². The zero-order valence-corrected chi connectivity index (χ0v) is 8.94. The van der Waals surface area contributed by atoms with E-state index in [9.17, 15) is 13.9 Å². The molecular weight excluding hydrogens is 200 g/mol. The third kappa shape index (κ3) is 1.89. The Hall–Kier alpha value is -0.220. The van der Waals surface area contributed by atoms with E-state index in [0.717, 1.165) is 25.7 Å². The number of halogens is 2. The van der Waals surface area contributed by atoms with Gasteiger partial charge in [-0.05, 0) is 25.7 Å². The molecule has 0 aromatic heterocycles. The molecule has 0 aromatic carbocycles. The molecule has 2 rings (SSSR count). The maximum absolute atomic E-state index is 13.0. The lowest BCUT2D eigenvalue weighted by Gasteiger charge is -2.46. The average Bonchev–Trinajstić information content (AvgIpc) is 2.60. The van der Waals surface area contributed by atoms with Crippen molar-refractivity contribution < 1.29 is 13.9 Å². The van der Waals surface area contributed by atoms with E-state index in [0.29, 0.717) is 0 Å². The average molecular weight is 219 g/mol. The van der Waals surface area contributed by atoms with E-state index in [1.165, 1.54) is 0 Å². The highest BCUT2D eigenvalue weighted by molar-refractivity contribution is 5.08. The number of alkyl halides is 2. The van der Waals surface area contributed by atoms with E-state index in [1.807, 2.05) is 0 Å². The van der Waals surface area contributed by atoms with E-state index in [-0.39, 0.29) is 25.7 Å². The van der Waals surface area contributed by atoms with Gasteiger partial charge in [0.15, 0.2) is 0 Å². The normalized spacial score (nSPS) is 32.8. The van der Waals surface area contributed by atoms with Crippen LogP contribution in [0.4, 0.5) is 8.78 Å². The first-order chi connectivity index (χ1) is 6.87. The van der Waals surface area contributed by atoms with E-state index < -0.39 is 17.1 Å². The van der Waals surface area contributed by atoms with Crippen molar-refractivity contribution in [3.63, 3.8) is 0 Å². The Kier molecular flexibility index (Phi) is 2.54. The maximum Gasteiger partial charge on any atom is 0.248 e. The SMILES string of the molecule is NC1(C2(O)CCC(F)(F)CC2)CCCC1. The van der Waals surface area contributed by atoms with Crippen LogP contribution in [-0.2, 0) is 0 Å². The summed E-state index contributed by atoms with van der Waals surface area (Å²) < 4.78 is 26.0. The smallest absolute Gasteiger partial charge is 0.248 e. The Balaban J connectivity index is 2.08. The third-order valence-corrected chi connectivity index (χ3v) is 4.23. The summed E-state index contributed by atoms with van der Waals surface area (Å²) in [5, 5.41) is 10.4. The fourth-order valence-corrected chi connectivity index (χ4v) is 3.00. The van der Waals surface area contributed by atoms with Crippen molar-refractivity contribution in [1.29, 1.82) is 0 Å². The predicted molar refractivity (Wildman–Crippen MR) is 53.8 cm³/mol. The van der Waals surface area contributed by atoms with Gasteiger partial charge >= 0.3 is 0 Å². The van der Waals surface area contributed by atoms with E-state index in [4.69, 9.17) is 5.73 Å². The van der Waals surface area contributed by atoms with Gasteiger partial charge < -0.3 is 10.8 Å². The van der Waals surface area contributed by atoms with Gasteiger partial charge in [0.2, 0.25) is 5.92 Å². The number of hydrogen-bond donors (Lipinski definition) is 2. The van der Waals surface area contributed by atoms with Crippen molar-refractivity contribution in [2.45, 2.75) is 68.4 Å². The van der Waals surface area contributed by atoms with E-state index in [1.54, 1.807) is 0 Å². The molecule has 2 aliphatic rings. The lowest BCUT2D eigenvalue weighted by atomic mass is 9.69. The van der Waals surface area contributed by atoms with Crippen LogP contribution in [0.1, 0.15) is 51.4 Å². The number of rotatable bonds is 1. The van der Waals surface area contributed by atoms with Crippen LogP contribution in [0.2, 0.25) is 0 Å². The molecule has 2 fully saturated rings. The Morgan fingerprint density at radius 1 is 0.867 bits per heavy atom. The number of nitrogens with two attached hydrogens (primary N) is 1. The zero-order valence-electron chi connectivity index (χ0n) is 8.94. The van der Waals surface area contributed by atoms with Crippen molar-refractivity contribution in [2.75, 3.05) is 0 Å². The Morgan fingerprint density at radius 3 is 1.80 bits per heavy atom.